The van der Waals surface area contributed by atoms with Crippen molar-refractivity contribution in [3.8, 4) is 0 Å². The van der Waals surface area contributed by atoms with E-state index in [1.165, 1.54) is 30.5 Å². The zero-order chi connectivity index (χ0) is 14.1. The van der Waals surface area contributed by atoms with Crippen molar-refractivity contribution in [2.75, 3.05) is 25.1 Å². The molecule has 0 radical (unpaired) electrons. The third-order valence-electron chi connectivity index (χ3n) is 4.16. The summed E-state index contributed by atoms with van der Waals surface area (Å²) >= 11 is 0. The fourth-order valence-electron chi connectivity index (χ4n) is 2.89. The Morgan fingerprint density at radius 3 is 2.70 bits per heavy atom. The second kappa shape index (κ2) is 5.44. The monoisotopic (exact) mass is 279 g/mol. The third-order valence-corrected chi connectivity index (χ3v) is 4.16. The molecule has 1 saturated carbocycles. The summed E-state index contributed by atoms with van der Waals surface area (Å²) in [6.45, 7) is 3.65. The highest BCUT2D eigenvalue weighted by atomic mass is 16.5. The smallest absolute Gasteiger partial charge is 0.412 e. The molecular formula is C14H21N3O3. The van der Waals surface area contributed by atoms with Gasteiger partial charge in [0.2, 0.25) is 0 Å². The lowest BCUT2D eigenvalue weighted by molar-refractivity contribution is 0.00459. The molecule has 1 aliphatic heterocycles. The highest BCUT2D eigenvalue weighted by molar-refractivity contribution is 5.84. The molecule has 6 heteroatoms. The Labute approximate surface area is 118 Å². The molecule has 20 heavy (non-hydrogen) atoms. The van der Waals surface area contributed by atoms with Crippen LogP contribution >= 0.6 is 0 Å². The van der Waals surface area contributed by atoms with E-state index >= 15 is 0 Å². The minimum absolute atomic E-state index is 0.362. The second-order valence-corrected chi connectivity index (χ2v) is 5.48. The molecule has 0 unspecified atom stereocenters. The Morgan fingerprint density at radius 2 is 2.20 bits per heavy atom. The average molecular weight is 279 g/mol. The van der Waals surface area contributed by atoms with Gasteiger partial charge in [-0.25, -0.2) is 4.79 Å². The number of carbonyl (C=O) groups excluding carboxylic acids is 1. The summed E-state index contributed by atoms with van der Waals surface area (Å²) in [7, 11) is 1.94. The standard InChI is InChI=1S/C14H21N3O3/c1-3-20-14(18)15-13-11(9-5-4-6-9)12(17(2)16-13)10-7-19-8-10/h9-10H,3-8H2,1-2H3,(H,15,16,18). The van der Waals surface area contributed by atoms with E-state index in [2.05, 4.69) is 10.4 Å². The van der Waals surface area contributed by atoms with Gasteiger partial charge in [0.1, 0.15) is 0 Å². The molecular weight excluding hydrogens is 258 g/mol. The molecule has 2 heterocycles. The molecule has 6 nitrogen and oxygen atoms in total. The van der Waals surface area contributed by atoms with Crippen molar-refractivity contribution in [2.24, 2.45) is 7.05 Å². The number of nitrogens with zero attached hydrogens (tertiary/aromatic N) is 2. The number of carbonyl (C=O) groups is 1. The van der Waals surface area contributed by atoms with Crippen molar-refractivity contribution >= 4 is 11.9 Å². The lowest BCUT2D eigenvalue weighted by atomic mass is 9.78. The number of aromatic nitrogens is 2. The molecule has 2 aliphatic rings. The van der Waals surface area contributed by atoms with E-state index in [4.69, 9.17) is 9.47 Å². The Hall–Kier alpha value is -1.56. The number of amides is 1. The maximum atomic E-state index is 11.7. The quantitative estimate of drug-likeness (QED) is 0.919. The Morgan fingerprint density at radius 1 is 1.45 bits per heavy atom. The number of hydrogen-bond acceptors (Lipinski definition) is 4. The number of nitrogens with one attached hydrogen (secondary N) is 1. The summed E-state index contributed by atoms with van der Waals surface area (Å²) in [6, 6.07) is 0. The van der Waals surface area contributed by atoms with Crippen LogP contribution in [0.3, 0.4) is 0 Å². The van der Waals surface area contributed by atoms with Crippen LogP contribution in [-0.4, -0.2) is 35.7 Å². The maximum absolute atomic E-state index is 11.7. The molecule has 2 fully saturated rings. The van der Waals surface area contributed by atoms with Gasteiger partial charge in [-0.15, -0.1) is 0 Å². The van der Waals surface area contributed by atoms with Crippen molar-refractivity contribution in [1.82, 2.24) is 9.78 Å². The number of hydrogen-bond donors (Lipinski definition) is 1. The third kappa shape index (κ3) is 2.28. The van der Waals surface area contributed by atoms with Crippen molar-refractivity contribution in [3.63, 3.8) is 0 Å². The van der Waals surface area contributed by atoms with E-state index < -0.39 is 6.09 Å². The minimum atomic E-state index is -0.428. The van der Waals surface area contributed by atoms with E-state index in [1.54, 1.807) is 6.92 Å². The van der Waals surface area contributed by atoms with Crippen molar-refractivity contribution in [3.05, 3.63) is 11.3 Å². The fraction of sp³-hybridized carbons (Fsp3) is 0.714. The van der Waals surface area contributed by atoms with Crippen LogP contribution in [0.5, 0.6) is 0 Å². The van der Waals surface area contributed by atoms with E-state index in [0.717, 1.165) is 13.2 Å². The highest BCUT2D eigenvalue weighted by Gasteiger charge is 2.35. The van der Waals surface area contributed by atoms with Crippen molar-refractivity contribution in [2.45, 2.75) is 38.0 Å². The van der Waals surface area contributed by atoms with E-state index in [1.807, 2.05) is 11.7 Å². The first-order valence-electron chi connectivity index (χ1n) is 7.29. The van der Waals surface area contributed by atoms with Gasteiger partial charge in [0, 0.05) is 18.5 Å². The van der Waals surface area contributed by atoms with E-state index in [-0.39, 0.29) is 0 Å². The summed E-state index contributed by atoms with van der Waals surface area (Å²) in [5.74, 6) is 1.58. The van der Waals surface area contributed by atoms with Crippen LogP contribution in [0.1, 0.15) is 49.3 Å². The van der Waals surface area contributed by atoms with Crippen molar-refractivity contribution < 1.29 is 14.3 Å². The van der Waals surface area contributed by atoms with Gasteiger partial charge in [-0.2, -0.15) is 5.10 Å². The lowest BCUT2D eigenvalue weighted by Crippen LogP contribution is -2.29. The SMILES string of the molecule is CCOC(=O)Nc1nn(C)c(C2COC2)c1C1CCC1. The van der Waals surface area contributed by atoms with Gasteiger partial charge in [-0.05, 0) is 25.7 Å². The van der Waals surface area contributed by atoms with Gasteiger partial charge < -0.3 is 9.47 Å². The number of aryl methyl sites for hydroxylation is 1. The van der Waals surface area contributed by atoms with Gasteiger partial charge in [-0.1, -0.05) is 6.42 Å². The van der Waals surface area contributed by atoms with Gasteiger partial charge >= 0.3 is 6.09 Å². The van der Waals surface area contributed by atoms with Crippen LogP contribution in [0.25, 0.3) is 0 Å². The zero-order valence-corrected chi connectivity index (χ0v) is 12.0. The molecule has 1 amide bonds. The molecule has 1 aromatic rings. The molecule has 1 aromatic heterocycles. The van der Waals surface area contributed by atoms with Crippen molar-refractivity contribution in [1.29, 1.82) is 0 Å². The Bertz CT molecular complexity index is 504. The number of ether oxygens (including phenoxy) is 2. The number of anilines is 1. The zero-order valence-electron chi connectivity index (χ0n) is 12.0. The predicted octanol–water partition coefficient (Wildman–Crippen LogP) is 2.37. The van der Waals surface area contributed by atoms with Crippen LogP contribution in [0, 0.1) is 0 Å². The lowest BCUT2D eigenvalue weighted by Gasteiger charge is -2.32. The molecule has 1 saturated heterocycles. The van der Waals surface area contributed by atoms with Gasteiger partial charge in [-0.3, -0.25) is 10.00 Å². The predicted molar refractivity (Wildman–Crippen MR) is 74.0 cm³/mol. The minimum Gasteiger partial charge on any atom is -0.450 e. The number of rotatable bonds is 4. The summed E-state index contributed by atoms with van der Waals surface area (Å²) in [5.41, 5.74) is 2.41. The van der Waals surface area contributed by atoms with Crippen LogP contribution in [0.15, 0.2) is 0 Å². The summed E-state index contributed by atoms with van der Waals surface area (Å²) in [4.78, 5) is 11.7. The molecule has 110 valence electrons. The molecule has 0 bridgehead atoms. The largest absolute Gasteiger partial charge is 0.450 e. The Balaban J connectivity index is 1.89. The van der Waals surface area contributed by atoms with Crippen LogP contribution in [0.2, 0.25) is 0 Å². The summed E-state index contributed by atoms with van der Waals surface area (Å²) < 4.78 is 12.2. The first-order chi connectivity index (χ1) is 9.70. The first-order valence-corrected chi connectivity index (χ1v) is 7.29. The fourth-order valence-corrected chi connectivity index (χ4v) is 2.89. The van der Waals surface area contributed by atoms with Crippen LogP contribution in [0.4, 0.5) is 10.6 Å². The molecule has 3 rings (SSSR count). The van der Waals surface area contributed by atoms with Gasteiger partial charge in [0.05, 0.1) is 25.5 Å². The Kier molecular flexibility index (Phi) is 3.65. The molecule has 0 aromatic carbocycles. The summed E-state index contributed by atoms with van der Waals surface area (Å²) in [5, 5.41) is 7.28. The highest BCUT2D eigenvalue weighted by Crippen LogP contribution is 2.44. The van der Waals surface area contributed by atoms with Gasteiger partial charge in [0.15, 0.2) is 5.82 Å². The molecule has 1 aliphatic carbocycles. The molecule has 0 atom stereocenters. The normalized spacial score (nSPS) is 19.3. The second-order valence-electron chi connectivity index (χ2n) is 5.48. The molecule has 0 spiro atoms. The van der Waals surface area contributed by atoms with Crippen LogP contribution in [-0.2, 0) is 16.5 Å². The summed E-state index contributed by atoms with van der Waals surface area (Å²) in [6.07, 6.45) is 3.16. The van der Waals surface area contributed by atoms with E-state index in [0.29, 0.717) is 24.3 Å². The topological polar surface area (TPSA) is 65.4 Å². The average Bonchev–Trinajstić information content (AvgIpc) is 2.54. The van der Waals surface area contributed by atoms with E-state index in [9.17, 15) is 4.79 Å². The maximum Gasteiger partial charge on any atom is 0.412 e. The first kappa shape index (κ1) is 13.4. The molecule has 1 N–H and O–H groups in total. The van der Waals surface area contributed by atoms with Crippen LogP contribution < -0.4 is 5.32 Å². The van der Waals surface area contributed by atoms with Gasteiger partial charge in [0.25, 0.3) is 0 Å².